The summed E-state index contributed by atoms with van der Waals surface area (Å²) in [5, 5.41) is 36.3. The van der Waals surface area contributed by atoms with Crippen molar-refractivity contribution in [1.82, 2.24) is 31.2 Å². The van der Waals surface area contributed by atoms with Crippen LogP contribution in [0.2, 0.25) is 0 Å². The number of aliphatic hydroxyl groups excluding tert-OH is 2. The first-order valence-corrected chi connectivity index (χ1v) is 18.6. The van der Waals surface area contributed by atoms with E-state index in [-0.39, 0.29) is 12.5 Å². The van der Waals surface area contributed by atoms with Gasteiger partial charge < -0.3 is 36.2 Å². The summed E-state index contributed by atoms with van der Waals surface area (Å²) in [5.41, 5.74) is 0.267. The third-order valence-corrected chi connectivity index (χ3v) is 9.28. The summed E-state index contributed by atoms with van der Waals surface area (Å²) in [6.07, 6.45) is 2.43. The van der Waals surface area contributed by atoms with Crippen LogP contribution in [0.3, 0.4) is 0 Å². The third-order valence-electron chi connectivity index (χ3n) is 6.41. The third kappa shape index (κ3) is 13.2. The fourth-order valence-electron chi connectivity index (χ4n) is 3.93. The van der Waals surface area contributed by atoms with Crippen LogP contribution >= 0.6 is 22.7 Å². The number of nitrogens with zero attached hydrogens (tertiary/aromatic N) is 2. The second kappa shape index (κ2) is 17.8. The van der Waals surface area contributed by atoms with E-state index >= 15 is 0 Å². The molecule has 2 aromatic heterocycles. The van der Waals surface area contributed by atoms with Crippen LogP contribution in [0.4, 0.5) is 4.79 Å². The summed E-state index contributed by atoms with van der Waals surface area (Å²) in [6, 6.07) is -2.09. The quantitative estimate of drug-likeness (QED) is 0.113. The van der Waals surface area contributed by atoms with E-state index in [1.54, 1.807) is 26.2 Å². The molecule has 4 amide bonds. The van der Waals surface area contributed by atoms with Gasteiger partial charge in [-0.2, -0.15) is 0 Å². The molecule has 0 aliphatic rings. The Labute approximate surface area is 275 Å². The number of aliphatic hydroxyl groups is 2. The van der Waals surface area contributed by atoms with E-state index in [4.69, 9.17) is 4.74 Å². The second-order valence-corrected chi connectivity index (χ2v) is 16.1. The first kappa shape index (κ1) is 38.4. The normalized spacial score (nSPS) is 15.0. The number of rotatable bonds is 16. The zero-order valence-corrected chi connectivity index (χ0v) is 29.6. The van der Waals surface area contributed by atoms with Gasteiger partial charge in [0.1, 0.15) is 33.8 Å². The molecule has 0 unspecified atom stereocenters. The van der Waals surface area contributed by atoms with Crippen LogP contribution in [0, 0.1) is 5.92 Å². The van der Waals surface area contributed by atoms with E-state index in [1.165, 1.54) is 43.4 Å². The van der Waals surface area contributed by atoms with Crippen LogP contribution in [0.5, 0.6) is 0 Å². The molecule has 2 rings (SSSR count). The number of hydrogen-bond acceptors (Lipinski definition) is 11. The van der Waals surface area contributed by atoms with Crippen molar-refractivity contribution in [3.63, 3.8) is 0 Å². The number of alkyl carbamates (subject to hydrolysis) is 1. The number of ether oxygens (including phenoxy) is 1. The monoisotopic (exact) mass is 687 g/mol. The highest BCUT2D eigenvalue weighted by Crippen LogP contribution is 2.25. The zero-order chi connectivity index (χ0) is 33.9. The number of amides is 4. The van der Waals surface area contributed by atoms with Crippen LogP contribution in [0.25, 0.3) is 10.7 Å². The lowest BCUT2D eigenvalue weighted by molar-refractivity contribution is -0.135. The SMILES string of the molecule is C[C@@H](O)[C@H](NC(=O)[C@H](C)[C@@H](O)[C@@H](C)NC(=O)OC(C)(C)C)C(=O)NCCc1nc(-c2nc(C(=O)NCCC[S+](C)C)cs2)cs1. The molecule has 0 aliphatic heterocycles. The topological polar surface area (TPSA) is 192 Å². The Bertz CT molecular complexity index is 1280. The molecule has 0 radical (unpaired) electrons. The molecule has 0 spiro atoms. The minimum absolute atomic E-state index is 0.197. The lowest BCUT2D eigenvalue weighted by Gasteiger charge is -2.28. The minimum atomic E-state index is -1.28. The number of nitrogens with one attached hydrogen (secondary N) is 4. The number of carbonyl (C=O) groups excluding carboxylic acids is 4. The molecular formula is C29H47N6O7S3+. The molecule has 0 saturated carbocycles. The summed E-state index contributed by atoms with van der Waals surface area (Å²) < 4.78 is 5.18. The van der Waals surface area contributed by atoms with Crippen LogP contribution in [-0.2, 0) is 31.6 Å². The largest absolute Gasteiger partial charge is 0.444 e. The molecule has 16 heteroatoms. The fourth-order valence-corrected chi connectivity index (χ4v) is 6.27. The average molecular weight is 688 g/mol. The van der Waals surface area contributed by atoms with E-state index in [0.717, 1.165) is 17.2 Å². The predicted molar refractivity (Wildman–Crippen MR) is 179 cm³/mol. The molecule has 0 saturated heterocycles. The molecule has 2 heterocycles. The van der Waals surface area contributed by atoms with Crippen molar-refractivity contribution in [2.45, 2.75) is 84.3 Å². The van der Waals surface area contributed by atoms with Crippen molar-refractivity contribution in [3.8, 4) is 10.7 Å². The zero-order valence-electron chi connectivity index (χ0n) is 27.1. The van der Waals surface area contributed by atoms with E-state index < -0.39 is 53.7 Å². The Morgan fingerprint density at radius 1 is 0.956 bits per heavy atom. The fraction of sp³-hybridized carbons (Fsp3) is 0.655. The van der Waals surface area contributed by atoms with Gasteiger partial charge >= 0.3 is 6.09 Å². The lowest BCUT2D eigenvalue weighted by atomic mass is 9.97. The summed E-state index contributed by atoms with van der Waals surface area (Å²) in [7, 11) is 0.340. The summed E-state index contributed by atoms with van der Waals surface area (Å²) in [5.74, 6) is -1.42. The molecule has 45 heavy (non-hydrogen) atoms. The molecule has 0 fully saturated rings. The highest BCUT2D eigenvalue weighted by Gasteiger charge is 2.33. The standard InChI is InChI=1S/C29H46N6O7S3/c1-16(23(37)17(2)32-28(41)42-29(4,5)6)24(38)35-22(18(3)36)26(40)31-12-10-21-33-20(15-43-21)27-34-19(14-44-27)25(39)30-11-9-13-45(7)8/h14-18,22-23,36-37H,9-13H2,1-8H3,(H3-,30,31,32,35,38,39,40,41)/p+1/t16-,17-,18-,22+,23-/m1/s1. The number of aromatic nitrogens is 2. The van der Waals surface area contributed by atoms with Gasteiger partial charge in [0.15, 0.2) is 0 Å². The van der Waals surface area contributed by atoms with Crippen molar-refractivity contribution < 1.29 is 34.1 Å². The van der Waals surface area contributed by atoms with Gasteiger partial charge in [-0.3, -0.25) is 14.4 Å². The maximum Gasteiger partial charge on any atom is 0.407 e. The lowest BCUT2D eigenvalue weighted by Crippen LogP contribution is -2.56. The highest BCUT2D eigenvalue weighted by atomic mass is 32.2. The Balaban J connectivity index is 1.86. The van der Waals surface area contributed by atoms with Crippen LogP contribution in [0.1, 0.15) is 63.5 Å². The van der Waals surface area contributed by atoms with Gasteiger partial charge in [-0.1, -0.05) is 6.92 Å². The second-order valence-electron chi connectivity index (χ2n) is 11.9. The van der Waals surface area contributed by atoms with Gasteiger partial charge in [0.05, 0.1) is 41.7 Å². The highest BCUT2D eigenvalue weighted by molar-refractivity contribution is 7.95. The summed E-state index contributed by atoms with van der Waals surface area (Å²) >= 11 is 2.73. The first-order valence-electron chi connectivity index (χ1n) is 14.6. The average Bonchev–Trinajstić information content (AvgIpc) is 3.61. The van der Waals surface area contributed by atoms with Crippen molar-refractivity contribution >= 4 is 57.4 Å². The summed E-state index contributed by atoms with van der Waals surface area (Å²) in [4.78, 5) is 59.1. The molecule has 2 aromatic rings. The van der Waals surface area contributed by atoms with Gasteiger partial charge in [-0.05, 0) is 45.5 Å². The maximum atomic E-state index is 12.9. The number of hydrogen-bond donors (Lipinski definition) is 6. The van der Waals surface area contributed by atoms with Gasteiger partial charge in [-0.15, -0.1) is 22.7 Å². The predicted octanol–water partition coefficient (Wildman–Crippen LogP) is 1.70. The summed E-state index contributed by atoms with van der Waals surface area (Å²) in [6.45, 7) is 10.3. The van der Waals surface area contributed by atoms with E-state index in [0.29, 0.717) is 40.3 Å². The van der Waals surface area contributed by atoms with Crippen LogP contribution in [-0.4, -0.2) is 105 Å². The molecule has 0 bridgehead atoms. The van der Waals surface area contributed by atoms with Gasteiger partial charge in [0.25, 0.3) is 5.91 Å². The number of carbonyl (C=O) groups is 4. The van der Waals surface area contributed by atoms with Crippen molar-refractivity contribution in [1.29, 1.82) is 0 Å². The van der Waals surface area contributed by atoms with Gasteiger partial charge in [-0.25, -0.2) is 14.8 Å². The molecular weight excluding hydrogens is 641 g/mol. The molecule has 0 aromatic carbocycles. The Morgan fingerprint density at radius 2 is 1.64 bits per heavy atom. The minimum Gasteiger partial charge on any atom is -0.444 e. The van der Waals surface area contributed by atoms with Gasteiger partial charge in [0.2, 0.25) is 11.8 Å². The number of thiazole rings is 2. The van der Waals surface area contributed by atoms with E-state index in [9.17, 15) is 29.4 Å². The first-order chi connectivity index (χ1) is 21.0. The van der Waals surface area contributed by atoms with Crippen LogP contribution in [0.15, 0.2) is 10.8 Å². The van der Waals surface area contributed by atoms with E-state index in [1.807, 2.05) is 5.38 Å². The van der Waals surface area contributed by atoms with Gasteiger partial charge in [0, 0.05) is 36.7 Å². The Morgan fingerprint density at radius 3 is 2.27 bits per heavy atom. The van der Waals surface area contributed by atoms with Crippen molar-refractivity contribution in [2.75, 3.05) is 31.4 Å². The Kier molecular flexibility index (Phi) is 15.2. The van der Waals surface area contributed by atoms with Crippen molar-refractivity contribution in [2.24, 2.45) is 5.92 Å². The van der Waals surface area contributed by atoms with Crippen molar-refractivity contribution in [3.05, 3.63) is 21.5 Å². The molecule has 6 N–H and O–H groups in total. The van der Waals surface area contributed by atoms with E-state index in [2.05, 4.69) is 43.7 Å². The Hall–Kier alpha value is -2.79. The molecule has 252 valence electrons. The maximum absolute atomic E-state index is 12.9. The smallest absolute Gasteiger partial charge is 0.407 e. The molecule has 13 nitrogen and oxygen atoms in total. The van der Waals surface area contributed by atoms with Crippen LogP contribution < -0.4 is 21.3 Å². The molecule has 0 aliphatic carbocycles. The molecule has 5 atom stereocenters.